The molecule has 0 fully saturated rings. The Labute approximate surface area is 476 Å². The Morgan fingerprint density at radius 2 is 0.532 bits per heavy atom. The van der Waals surface area contributed by atoms with Crippen molar-refractivity contribution in [1.82, 2.24) is 0 Å². The van der Waals surface area contributed by atoms with Crippen LogP contribution in [0.2, 0.25) is 0 Å². The molecular weight excluding hydrogens is 949 g/mol. The van der Waals surface area contributed by atoms with Gasteiger partial charge in [0, 0.05) is 19.3 Å². The normalized spacial score (nSPS) is 12.8. The monoisotopic (exact) mass is 1070 g/mol. The zero-order chi connectivity index (χ0) is 55.7. The molecule has 0 saturated carbocycles. The van der Waals surface area contributed by atoms with Crippen molar-refractivity contribution in [2.24, 2.45) is 0 Å². The third-order valence-electron chi connectivity index (χ3n) is 13.7. The first-order valence-corrected chi connectivity index (χ1v) is 32.4. The second-order valence-electron chi connectivity index (χ2n) is 21.3. The van der Waals surface area contributed by atoms with Crippen molar-refractivity contribution in [2.75, 3.05) is 13.2 Å². The van der Waals surface area contributed by atoms with Gasteiger partial charge >= 0.3 is 17.9 Å². The minimum absolute atomic E-state index is 0.0854. The number of unbranched alkanes of at least 4 members (excludes halogenated alkanes) is 29. The van der Waals surface area contributed by atoms with Crippen LogP contribution in [0, 0.1) is 0 Å². The highest BCUT2D eigenvalue weighted by molar-refractivity contribution is 5.71. The van der Waals surface area contributed by atoms with Gasteiger partial charge in [0.15, 0.2) is 6.10 Å². The first-order chi connectivity index (χ1) is 38.0. The van der Waals surface area contributed by atoms with E-state index in [0.717, 1.165) is 135 Å². The highest BCUT2D eigenvalue weighted by atomic mass is 16.6. The molecular formula is C71H120O6. The third-order valence-corrected chi connectivity index (χ3v) is 13.7. The topological polar surface area (TPSA) is 78.9 Å². The highest BCUT2D eigenvalue weighted by Gasteiger charge is 2.19. The predicted molar refractivity (Wildman–Crippen MR) is 334 cm³/mol. The summed E-state index contributed by atoms with van der Waals surface area (Å²) in [4.78, 5) is 38.2. The summed E-state index contributed by atoms with van der Waals surface area (Å²) < 4.78 is 16.9. The van der Waals surface area contributed by atoms with Gasteiger partial charge in [0.25, 0.3) is 0 Å². The van der Waals surface area contributed by atoms with Gasteiger partial charge in [-0.3, -0.25) is 14.4 Å². The maximum atomic E-state index is 12.9. The molecule has 0 heterocycles. The first kappa shape index (κ1) is 73.1. The number of ether oxygens (including phenoxy) is 3. The van der Waals surface area contributed by atoms with Gasteiger partial charge in [-0.2, -0.15) is 0 Å². The molecule has 0 radical (unpaired) electrons. The Bertz CT molecular complexity index is 1560. The van der Waals surface area contributed by atoms with Gasteiger partial charge in [-0.15, -0.1) is 0 Å². The van der Waals surface area contributed by atoms with E-state index >= 15 is 0 Å². The van der Waals surface area contributed by atoms with Crippen molar-refractivity contribution in [2.45, 2.75) is 309 Å². The minimum Gasteiger partial charge on any atom is -0.462 e. The molecule has 0 bridgehead atoms. The van der Waals surface area contributed by atoms with Crippen molar-refractivity contribution in [3.05, 3.63) is 109 Å². The SMILES string of the molecule is CC/C=C\C/C=C\C/C=C\C/C=C\C/C=C\C/C=C\CCCCCCCCCCCCCCCCC(=O)OCC(COC(=O)CCCCCCC/C=C\CCC)OC(=O)CCCCCCC/C=C\C/C=C\CCCCCC. The summed E-state index contributed by atoms with van der Waals surface area (Å²) in [5, 5.41) is 0. The molecule has 0 spiro atoms. The van der Waals surface area contributed by atoms with E-state index in [0.29, 0.717) is 19.3 Å². The average Bonchev–Trinajstić information content (AvgIpc) is 3.43. The number of esters is 3. The summed E-state index contributed by atoms with van der Waals surface area (Å²) in [6, 6.07) is 0. The van der Waals surface area contributed by atoms with E-state index in [-0.39, 0.29) is 31.1 Å². The van der Waals surface area contributed by atoms with Crippen molar-refractivity contribution >= 4 is 17.9 Å². The number of rotatable bonds is 58. The van der Waals surface area contributed by atoms with E-state index in [1.807, 2.05) is 0 Å². The van der Waals surface area contributed by atoms with Crippen molar-refractivity contribution < 1.29 is 28.6 Å². The lowest BCUT2D eigenvalue weighted by molar-refractivity contribution is -0.167. The number of hydrogen-bond donors (Lipinski definition) is 0. The molecule has 1 unspecified atom stereocenters. The molecule has 0 aromatic carbocycles. The predicted octanol–water partition coefficient (Wildman–Crippen LogP) is 22.2. The third kappa shape index (κ3) is 62.8. The summed E-state index contributed by atoms with van der Waals surface area (Å²) in [6.45, 7) is 6.44. The van der Waals surface area contributed by atoms with E-state index in [2.05, 4.69) is 130 Å². The molecule has 0 rings (SSSR count). The van der Waals surface area contributed by atoms with E-state index in [1.165, 1.54) is 128 Å². The van der Waals surface area contributed by atoms with Gasteiger partial charge < -0.3 is 14.2 Å². The minimum atomic E-state index is -0.788. The Morgan fingerprint density at radius 1 is 0.273 bits per heavy atom. The Balaban J connectivity index is 4.15. The summed E-state index contributed by atoms with van der Waals surface area (Å²) in [5.41, 5.74) is 0. The van der Waals surface area contributed by atoms with Crippen LogP contribution < -0.4 is 0 Å². The van der Waals surface area contributed by atoms with Crippen molar-refractivity contribution in [3.63, 3.8) is 0 Å². The number of hydrogen-bond acceptors (Lipinski definition) is 6. The second-order valence-corrected chi connectivity index (χ2v) is 21.3. The lowest BCUT2D eigenvalue weighted by Gasteiger charge is -2.18. The van der Waals surface area contributed by atoms with E-state index < -0.39 is 6.10 Å². The van der Waals surface area contributed by atoms with Gasteiger partial charge in [-0.05, 0) is 122 Å². The van der Waals surface area contributed by atoms with Gasteiger partial charge in [0.05, 0.1) is 0 Å². The Morgan fingerprint density at radius 3 is 0.857 bits per heavy atom. The zero-order valence-electron chi connectivity index (χ0n) is 50.4. The molecule has 0 N–H and O–H groups in total. The maximum absolute atomic E-state index is 12.9. The number of carbonyl (C=O) groups excluding carboxylic acids is 3. The number of allylic oxidation sites excluding steroid dienone is 18. The molecule has 0 aliphatic heterocycles. The average molecular weight is 1070 g/mol. The Hall–Kier alpha value is -3.93. The largest absolute Gasteiger partial charge is 0.462 e. The van der Waals surface area contributed by atoms with E-state index in [4.69, 9.17) is 14.2 Å². The quantitative estimate of drug-likeness (QED) is 0.0261. The highest BCUT2D eigenvalue weighted by Crippen LogP contribution is 2.16. The summed E-state index contributed by atoms with van der Waals surface area (Å²) in [5.74, 6) is -0.905. The molecule has 0 aliphatic carbocycles. The van der Waals surface area contributed by atoms with Crippen LogP contribution in [0.1, 0.15) is 303 Å². The fourth-order valence-corrected chi connectivity index (χ4v) is 8.89. The molecule has 6 nitrogen and oxygen atoms in total. The summed E-state index contributed by atoms with van der Waals surface area (Å²) in [6.07, 6.45) is 88.3. The molecule has 440 valence electrons. The van der Waals surface area contributed by atoms with Crippen LogP contribution in [0.3, 0.4) is 0 Å². The van der Waals surface area contributed by atoms with Crippen LogP contribution in [0.25, 0.3) is 0 Å². The van der Waals surface area contributed by atoms with Crippen LogP contribution in [0.15, 0.2) is 109 Å². The maximum Gasteiger partial charge on any atom is 0.306 e. The summed E-state index contributed by atoms with van der Waals surface area (Å²) in [7, 11) is 0. The fraction of sp³-hybridized carbons (Fsp3) is 0.704. The lowest BCUT2D eigenvalue weighted by Crippen LogP contribution is -2.30. The molecule has 0 saturated heterocycles. The lowest BCUT2D eigenvalue weighted by atomic mass is 10.0. The van der Waals surface area contributed by atoms with Crippen LogP contribution in [-0.4, -0.2) is 37.2 Å². The molecule has 6 heteroatoms. The van der Waals surface area contributed by atoms with Crippen LogP contribution in [0.4, 0.5) is 0 Å². The fourth-order valence-electron chi connectivity index (χ4n) is 8.89. The van der Waals surface area contributed by atoms with Gasteiger partial charge in [-0.1, -0.05) is 271 Å². The van der Waals surface area contributed by atoms with Crippen LogP contribution >= 0.6 is 0 Å². The van der Waals surface area contributed by atoms with E-state index in [1.54, 1.807) is 0 Å². The molecule has 0 aromatic heterocycles. The first-order valence-electron chi connectivity index (χ1n) is 32.4. The molecule has 0 amide bonds. The van der Waals surface area contributed by atoms with E-state index in [9.17, 15) is 14.4 Å². The van der Waals surface area contributed by atoms with Crippen LogP contribution in [-0.2, 0) is 28.6 Å². The molecule has 0 aromatic rings. The second kappa shape index (κ2) is 64.6. The van der Waals surface area contributed by atoms with Crippen molar-refractivity contribution in [3.8, 4) is 0 Å². The van der Waals surface area contributed by atoms with Gasteiger partial charge in [0.2, 0.25) is 0 Å². The number of carbonyl (C=O) groups is 3. The van der Waals surface area contributed by atoms with Crippen molar-refractivity contribution in [1.29, 1.82) is 0 Å². The zero-order valence-corrected chi connectivity index (χ0v) is 50.4. The standard InChI is InChI=1S/C71H120O6/c1-4-7-10-13-16-19-22-24-26-28-29-30-31-32-33-34-35-36-37-38-39-40-41-42-43-44-46-47-49-52-55-58-61-64-70(73)76-67-68(66-75-69(72)63-60-57-54-51-21-18-15-12-9-6-3)77-71(74)65-62-59-56-53-50-48-45-27-25-23-20-17-14-11-8-5-2/h7,10,12,15-16,19-20,23-24,26-27,29-30,32-33,35-36,45,68H,4-6,8-9,11,13-14,17-18,21-22,25,28,31,34,37-44,46-67H2,1-3H3/b10-7-,15-12-,19-16-,23-20-,26-24-,30-29-,33-32-,36-35-,45-27-. The van der Waals surface area contributed by atoms with Gasteiger partial charge in [-0.25, -0.2) is 0 Å². The molecule has 77 heavy (non-hydrogen) atoms. The summed E-state index contributed by atoms with van der Waals surface area (Å²) >= 11 is 0. The molecule has 0 aliphatic rings. The van der Waals surface area contributed by atoms with Crippen LogP contribution in [0.5, 0.6) is 0 Å². The smallest absolute Gasteiger partial charge is 0.306 e. The Kier molecular flexibility index (Phi) is 61.3. The van der Waals surface area contributed by atoms with Gasteiger partial charge in [0.1, 0.15) is 13.2 Å². The molecule has 1 atom stereocenters.